The number of aromatic nitrogens is 9. The van der Waals surface area contributed by atoms with Crippen LogP contribution in [0.5, 0.6) is 0 Å². The van der Waals surface area contributed by atoms with Crippen molar-refractivity contribution in [1.29, 1.82) is 0 Å². The van der Waals surface area contributed by atoms with Crippen LogP contribution in [-0.4, -0.2) is 147 Å². The summed E-state index contributed by atoms with van der Waals surface area (Å²) in [6, 6.07) is 32.8. The smallest absolute Gasteiger partial charge is 0.315 e. The van der Waals surface area contributed by atoms with Crippen LogP contribution in [0.25, 0.3) is 45.0 Å². The number of benzene rings is 4. The van der Waals surface area contributed by atoms with E-state index in [0.717, 1.165) is 137 Å². The lowest BCUT2D eigenvalue weighted by molar-refractivity contribution is -0.142. The Morgan fingerprint density at radius 1 is 0.560 bits per heavy atom. The number of urea groups is 1. The molecule has 0 spiro atoms. The van der Waals surface area contributed by atoms with Gasteiger partial charge in [0, 0.05) is 118 Å². The summed E-state index contributed by atoms with van der Waals surface area (Å²) in [5.41, 5.74) is 14.6. The number of hydrogen-bond donors (Lipinski definition) is 5. The van der Waals surface area contributed by atoms with E-state index in [1.807, 2.05) is 116 Å². The Morgan fingerprint density at radius 2 is 1.07 bits per heavy atom. The molecular formula is C75H101N17O7S. The van der Waals surface area contributed by atoms with Crippen molar-refractivity contribution in [3.8, 4) is 45.0 Å². The van der Waals surface area contributed by atoms with Crippen molar-refractivity contribution in [3.63, 3.8) is 0 Å². The molecule has 1 saturated carbocycles. The van der Waals surface area contributed by atoms with Crippen LogP contribution in [0.15, 0.2) is 97.1 Å². The summed E-state index contributed by atoms with van der Waals surface area (Å²) in [6.45, 7) is 20.8. The molecule has 2 aliphatic carbocycles. The zero-order chi connectivity index (χ0) is 71.7. The summed E-state index contributed by atoms with van der Waals surface area (Å²) < 4.78 is 5.89. The largest absolute Gasteiger partial charge is 0.370 e. The first-order chi connectivity index (χ1) is 48.0. The molecule has 2 fully saturated rings. The van der Waals surface area contributed by atoms with Crippen molar-refractivity contribution in [1.82, 2.24) is 76.5 Å². The number of amides is 8. The Bertz CT molecular complexity index is 3990. The molecule has 4 aromatic carbocycles. The fraction of sp³-hybridized carbons (Fsp3) is 0.507. The van der Waals surface area contributed by atoms with Crippen molar-refractivity contribution >= 4 is 64.6 Å². The normalized spacial score (nSPS) is 16.9. The minimum absolute atomic E-state index is 0.0108. The van der Waals surface area contributed by atoms with Gasteiger partial charge in [0.2, 0.25) is 35.4 Å². The maximum absolute atomic E-state index is 13.3. The van der Waals surface area contributed by atoms with E-state index in [1.165, 1.54) is 47.1 Å². The Kier molecular flexibility index (Phi) is 26.4. The molecule has 3 aromatic heterocycles. The van der Waals surface area contributed by atoms with Gasteiger partial charge in [0.1, 0.15) is 17.9 Å². The number of likely N-dealkylation sites (tertiary alicyclic amines) is 1. The number of thioether (sulfide) groups is 1. The maximum atomic E-state index is 13.3. The number of hydrogen-bond acceptors (Lipinski definition) is 15. The molecular weight excluding hydrogens is 1280 g/mol. The topological polar surface area (TPSA) is 281 Å². The molecule has 5 aliphatic rings. The molecule has 4 atom stereocenters. The van der Waals surface area contributed by atoms with Gasteiger partial charge in [-0.3, -0.25) is 33.7 Å². The highest BCUT2D eigenvalue weighted by Crippen LogP contribution is 2.52. The number of nitrogens with one attached hydrogen (secondary N) is 5. The standard InChI is InChI=1S/C24H29N5O.C23H26N6O2.C18H30N4O.C10H16N2O3S/c1-17(2)25-22(30)14-8-9-15-29-24-19-11-5-4-10-18(19)16-28(3)21-13-7-6-12-20(21)23(24)26-27-29;1-15(2)25-23(31)24-13-12-20(30)29-14-16-8-4-5-9-17(16)22-21(26-27-28(22)3)18-10-6-7-11-19(18)29;1-12(2)19-18(23)6-4-5-11-22-17-10-8-15-13(3)14(15)7-9-16(17)20-21-22;1-6(2)11-8(13)5-12-9(14)4-7(16-3)10(12)15/h4-7,10-13,17H,8-9,14-16H2,1-3H3,(H,25,30);4-11,15H,12-14H2,1-3H3,(H2,24,25,31);12-15H,4-11H2,1-3H3,(H,19,23);6-7H,4-5H2,1-3H3,(H,11,13). The summed E-state index contributed by atoms with van der Waals surface area (Å²) in [4.78, 5) is 88.4. The lowest BCUT2D eigenvalue weighted by Gasteiger charge is -2.28. The first-order valence-corrected chi connectivity index (χ1v) is 36.7. The number of unbranched alkanes of at least 4 members (excludes halogenated alkanes) is 2. The van der Waals surface area contributed by atoms with Crippen LogP contribution in [0.2, 0.25) is 0 Å². The number of rotatable bonds is 20. The van der Waals surface area contributed by atoms with E-state index in [4.69, 9.17) is 0 Å². The van der Waals surface area contributed by atoms with Crippen LogP contribution >= 0.6 is 11.8 Å². The third kappa shape index (κ3) is 19.4. The lowest BCUT2D eigenvalue weighted by atomic mass is 9.95. The van der Waals surface area contributed by atoms with Crippen molar-refractivity contribution in [3.05, 3.63) is 120 Å². The molecule has 0 bridgehead atoms. The van der Waals surface area contributed by atoms with Crippen molar-refractivity contribution in [2.75, 3.05) is 36.2 Å². The van der Waals surface area contributed by atoms with Crippen LogP contribution in [0.3, 0.4) is 0 Å². The van der Waals surface area contributed by atoms with Gasteiger partial charge in [-0.05, 0) is 154 Å². The third-order valence-corrected chi connectivity index (χ3v) is 19.4. The van der Waals surface area contributed by atoms with Gasteiger partial charge in [-0.2, -0.15) is 11.8 Å². The van der Waals surface area contributed by atoms with Crippen LogP contribution < -0.4 is 36.4 Å². The van der Waals surface area contributed by atoms with Gasteiger partial charge in [0.05, 0.1) is 40.3 Å². The summed E-state index contributed by atoms with van der Waals surface area (Å²) in [5.74, 6) is 2.18. The van der Waals surface area contributed by atoms with E-state index < -0.39 is 0 Å². The van der Waals surface area contributed by atoms with Gasteiger partial charge in [0.15, 0.2) is 0 Å². The van der Waals surface area contributed by atoms with Crippen molar-refractivity contribution in [2.24, 2.45) is 24.8 Å². The Morgan fingerprint density at radius 3 is 1.68 bits per heavy atom. The Hall–Kier alpha value is -9.26. The molecule has 8 amide bonds. The molecule has 12 rings (SSSR count). The summed E-state index contributed by atoms with van der Waals surface area (Å²) in [7, 11) is 4.00. The fourth-order valence-electron chi connectivity index (χ4n) is 13.6. The number of nitrogens with zero attached hydrogens (tertiary/aromatic N) is 12. The Balaban J connectivity index is 0.000000160. The number of aryl methyl sites for hydroxylation is 4. The Labute approximate surface area is 592 Å². The second-order valence-corrected chi connectivity index (χ2v) is 28.7. The average molecular weight is 1380 g/mol. The molecule has 1 saturated heterocycles. The lowest BCUT2D eigenvalue weighted by Crippen LogP contribution is -2.42. The summed E-state index contributed by atoms with van der Waals surface area (Å²) in [6.07, 6.45) is 11.7. The molecule has 24 nitrogen and oxygen atoms in total. The van der Waals surface area contributed by atoms with Gasteiger partial charge in [0.25, 0.3) is 0 Å². The van der Waals surface area contributed by atoms with E-state index in [0.29, 0.717) is 19.4 Å². The number of carbonyl (C=O) groups excluding carboxylic acids is 7. The van der Waals surface area contributed by atoms with Crippen LogP contribution in [-0.2, 0) is 74.8 Å². The first kappa shape index (κ1) is 75.0. The van der Waals surface area contributed by atoms with E-state index in [-0.39, 0.29) is 96.8 Å². The molecule has 534 valence electrons. The summed E-state index contributed by atoms with van der Waals surface area (Å²) in [5, 5.41) is 40.3. The minimum atomic E-state index is -0.320. The maximum Gasteiger partial charge on any atom is 0.315 e. The highest BCUT2D eigenvalue weighted by molar-refractivity contribution is 8.00. The number of anilines is 2. The van der Waals surface area contributed by atoms with E-state index in [2.05, 4.69) is 130 Å². The number of carbonyl (C=O) groups is 7. The van der Waals surface area contributed by atoms with Crippen LogP contribution in [0.4, 0.5) is 16.2 Å². The van der Waals surface area contributed by atoms with E-state index in [1.54, 1.807) is 15.8 Å². The number of fused-ring (bicyclic) bond motifs is 12. The van der Waals surface area contributed by atoms with Gasteiger partial charge in [-0.25, -0.2) is 18.8 Å². The van der Waals surface area contributed by atoms with Gasteiger partial charge in [-0.15, -0.1) is 15.3 Å². The molecule has 0 radical (unpaired) electrons. The predicted octanol–water partition coefficient (Wildman–Crippen LogP) is 10.1. The molecule has 100 heavy (non-hydrogen) atoms. The molecule has 6 heterocycles. The van der Waals surface area contributed by atoms with Gasteiger partial charge >= 0.3 is 6.03 Å². The van der Waals surface area contributed by atoms with Crippen molar-refractivity contribution in [2.45, 2.75) is 195 Å². The zero-order valence-electron chi connectivity index (χ0n) is 60.2. The van der Waals surface area contributed by atoms with Crippen molar-refractivity contribution < 1.29 is 33.6 Å². The third-order valence-electron chi connectivity index (χ3n) is 18.5. The second-order valence-electron chi connectivity index (χ2n) is 27.7. The number of para-hydroxylation sites is 2. The number of imide groups is 1. The van der Waals surface area contributed by atoms with E-state index in [9.17, 15) is 33.6 Å². The fourth-order valence-corrected chi connectivity index (χ4v) is 14.3. The monoisotopic (exact) mass is 1380 g/mol. The molecule has 25 heteroatoms. The SMILES string of the molecule is CC(C)NC(=O)CCCCn1nnc2c1-c1ccccc1CN(C)c1ccccc1-2.CC(C)NC(=O)CCCCn1nnc2c1CCC1C(C)C1CC2.CC(C)NC(=O)NCCC(=O)N1Cc2ccccc2-c2c(nnn2C)-c2ccccc21.CSC1CC(=O)N(CC(=O)NC(C)C)C1=O. The van der Waals surface area contributed by atoms with Crippen LogP contribution in [0, 0.1) is 17.8 Å². The highest BCUT2D eigenvalue weighted by atomic mass is 32.2. The van der Waals surface area contributed by atoms with Gasteiger partial charge < -0.3 is 36.4 Å². The zero-order valence-corrected chi connectivity index (χ0v) is 61.0. The predicted molar refractivity (Wildman–Crippen MR) is 391 cm³/mol. The van der Waals surface area contributed by atoms with E-state index >= 15 is 0 Å². The molecule has 7 aromatic rings. The quantitative estimate of drug-likeness (QED) is 0.0351. The van der Waals surface area contributed by atoms with Crippen LogP contribution in [0.1, 0.15) is 149 Å². The van der Waals surface area contributed by atoms with Gasteiger partial charge in [-0.1, -0.05) is 107 Å². The second kappa shape index (κ2) is 35.2. The molecule has 4 unspecified atom stereocenters. The highest BCUT2D eigenvalue weighted by Gasteiger charge is 2.46. The summed E-state index contributed by atoms with van der Waals surface area (Å²) >= 11 is 1.35. The molecule has 5 N–H and O–H groups in total. The average Bonchev–Trinajstić information content (AvgIpc) is 1.19. The molecule has 3 aliphatic heterocycles. The first-order valence-electron chi connectivity index (χ1n) is 35.4. The minimum Gasteiger partial charge on any atom is -0.370 e.